The molecule has 0 fully saturated rings. The van der Waals surface area contributed by atoms with Crippen LogP contribution >= 0.6 is 0 Å². The van der Waals surface area contributed by atoms with Gasteiger partial charge in [-0.25, -0.2) is 0 Å². The molecule has 2 aromatic rings. The Morgan fingerprint density at radius 1 is 1.00 bits per heavy atom. The molecule has 1 atom stereocenters. The number of aryl methyl sites for hydroxylation is 3. The van der Waals surface area contributed by atoms with Crippen molar-refractivity contribution in [2.45, 2.75) is 33.8 Å². The van der Waals surface area contributed by atoms with Crippen molar-refractivity contribution in [2.24, 2.45) is 0 Å². The molecule has 0 aliphatic heterocycles. The van der Waals surface area contributed by atoms with Crippen molar-refractivity contribution < 1.29 is 14.3 Å². The highest BCUT2D eigenvalue weighted by Gasteiger charge is 2.14. The maximum absolute atomic E-state index is 12.1. The number of ether oxygens (including phenoxy) is 2. The van der Waals surface area contributed by atoms with Crippen molar-refractivity contribution >= 4 is 5.91 Å². The van der Waals surface area contributed by atoms with Gasteiger partial charge in [-0.3, -0.25) is 4.79 Å². The molecule has 2 rings (SSSR count). The Hall–Kier alpha value is -2.49. The number of benzene rings is 2. The minimum Gasteiger partial charge on any atom is -0.492 e. The normalized spacial score (nSPS) is 11.7. The van der Waals surface area contributed by atoms with Crippen molar-refractivity contribution in [2.75, 3.05) is 13.2 Å². The van der Waals surface area contributed by atoms with Gasteiger partial charge in [0.15, 0.2) is 6.10 Å². The second-order valence-electron chi connectivity index (χ2n) is 6.04. The Balaban J connectivity index is 1.74. The third kappa shape index (κ3) is 5.61. The summed E-state index contributed by atoms with van der Waals surface area (Å²) >= 11 is 0. The molecule has 2 aromatic carbocycles. The van der Waals surface area contributed by atoms with Crippen LogP contribution in [0.4, 0.5) is 0 Å². The van der Waals surface area contributed by atoms with Crippen molar-refractivity contribution in [1.82, 2.24) is 5.32 Å². The van der Waals surface area contributed by atoms with Crippen LogP contribution in [0.2, 0.25) is 0 Å². The quantitative estimate of drug-likeness (QED) is 0.791. The third-order valence-corrected chi connectivity index (χ3v) is 3.54. The molecule has 0 spiro atoms. The molecule has 0 saturated carbocycles. The van der Waals surface area contributed by atoms with Gasteiger partial charge in [0.25, 0.3) is 5.91 Å². The molecular formula is C20H25NO3. The monoisotopic (exact) mass is 327 g/mol. The number of hydrogen-bond acceptors (Lipinski definition) is 3. The summed E-state index contributed by atoms with van der Waals surface area (Å²) in [5.74, 6) is 1.37. The minimum absolute atomic E-state index is 0.152. The topological polar surface area (TPSA) is 47.6 Å². The molecule has 1 N–H and O–H groups in total. The molecule has 0 bridgehead atoms. The van der Waals surface area contributed by atoms with Gasteiger partial charge < -0.3 is 14.8 Å². The van der Waals surface area contributed by atoms with Gasteiger partial charge >= 0.3 is 0 Å². The van der Waals surface area contributed by atoms with Crippen LogP contribution in [0.5, 0.6) is 11.5 Å². The highest BCUT2D eigenvalue weighted by atomic mass is 16.5. The van der Waals surface area contributed by atoms with Gasteiger partial charge in [-0.15, -0.1) is 0 Å². The lowest BCUT2D eigenvalue weighted by Gasteiger charge is -2.15. The summed E-state index contributed by atoms with van der Waals surface area (Å²) in [7, 11) is 0. The van der Waals surface area contributed by atoms with Crippen molar-refractivity contribution in [3.8, 4) is 11.5 Å². The largest absolute Gasteiger partial charge is 0.492 e. The Morgan fingerprint density at radius 2 is 1.67 bits per heavy atom. The van der Waals surface area contributed by atoms with E-state index in [1.807, 2.05) is 57.2 Å². The summed E-state index contributed by atoms with van der Waals surface area (Å²) in [6.45, 7) is 8.65. The summed E-state index contributed by atoms with van der Waals surface area (Å²) in [6, 6.07) is 13.7. The van der Waals surface area contributed by atoms with Crippen LogP contribution in [0, 0.1) is 20.8 Å². The van der Waals surface area contributed by atoms with Crippen LogP contribution in [0.15, 0.2) is 42.5 Å². The van der Waals surface area contributed by atoms with E-state index in [1.165, 1.54) is 0 Å². The van der Waals surface area contributed by atoms with Gasteiger partial charge in [0.1, 0.15) is 18.1 Å². The molecule has 4 heteroatoms. The van der Waals surface area contributed by atoms with Gasteiger partial charge in [-0.2, -0.15) is 0 Å². The smallest absolute Gasteiger partial charge is 0.260 e. The first-order valence-electron chi connectivity index (χ1n) is 8.16. The zero-order valence-electron chi connectivity index (χ0n) is 14.8. The summed E-state index contributed by atoms with van der Waals surface area (Å²) in [4.78, 5) is 12.1. The van der Waals surface area contributed by atoms with Gasteiger partial charge in [0.05, 0.1) is 6.54 Å². The van der Waals surface area contributed by atoms with E-state index in [0.717, 1.165) is 22.4 Å². The van der Waals surface area contributed by atoms with E-state index < -0.39 is 6.10 Å². The van der Waals surface area contributed by atoms with Crippen LogP contribution in [0.25, 0.3) is 0 Å². The average Bonchev–Trinajstić information content (AvgIpc) is 2.50. The molecule has 0 aromatic heterocycles. The maximum Gasteiger partial charge on any atom is 0.260 e. The molecule has 0 unspecified atom stereocenters. The van der Waals surface area contributed by atoms with Crippen LogP contribution < -0.4 is 14.8 Å². The fourth-order valence-electron chi connectivity index (χ4n) is 2.45. The standard InChI is InChI=1S/C20H25NO3/c1-14-6-5-7-18(11-14)24-17(4)20(22)21-8-9-23-19-12-15(2)10-16(3)13-19/h5-7,10-13,17H,8-9H2,1-4H3,(H,21,22)/t17-/m1/s1. The number of amides is 1. The first-order valence-corrected chi connectivity index (χ1v) is 8.16. The van der Waals surface area contributed by atoms with Gasteiger partial charge in [-0.05, 0) is 68.7 Å². The second kappa shape index (κ2) is 8.39. The van der Waals surface area contributed by atoms with Gasteiger partial charge in [0.2, 0.25) is 0 Å². The Kier molecular flexibility index (Phi) is 6.24. The zero-order chi connectivity index (χ0) is 17.5. The van der Waals surface area contributed by atoms with Crippen molar-refractivity contribution in [3.05, 3.63) is 59.2 Å². The lowest BCUT2D eigenvalue weighted by Crippen LogP contribution is -2.38. The molecule has 1 amide bonds. The van der Waals surface area contributed by atoms with E-state index in [2.05, 4.69) is 11.4 Å². The van der Waals surface area contributed by atoms with E-state index in [-0.39, 0.29) is 5.91 Å². The van der Waals surface area contributed by atoms with Crippen LogP contribution in [-0.4, -0.2) is 25.2 Å². The molecule has 0 radical (unpaired) electrons. The van der Waals surface area contributed by atoms with E-state index in [4.69, 9.17) is 9.47 Å². The highest BCUT2D eigenvalue weighted by Crippen LogP contribution is 2.16. The van der Waals surface area contributed by atoms with E-state index in [9.17, 15) is 4.79 Å². The Bertz CT molecular complexity index is 677. The summed E-state index contributed by atoms with van der Waals surface area (Å²) in [5, 5.41) is 2.83. The van der Waals surface area contributed by atoms with Crippen LogP contribution in [-0.2, 0) is 4.79 Å². The highest BCUT2D eigenvalue weighted by molar-refractivity contribution is 5.80. The van der Waals surface area contributed by atoms with Crippen molar-refractivity contribution in [1.29, 1.82) is 0 Å². The fourth-order valence-corrected chi connectivity index (χ4v) is 2.45. The number of carbonyl (C=O) groups excluding carboxylic acids is 1. The molecule has 0 saturated heterocycles. The Morgan fingerprint density at radius 3 is 2.33 bits per heavy atom. The van der Waals surface area contributed by atoms with Gasteiger partial charge in [-0.1, -0.05) is 18.2 Å². The molecule has 0 aliphatic rings. The zero-order valence-corrected chi connectivity index (χ0v) is 14.8. The van der Waals surface area contributed by atoms with Crippen LogP contribution in [0.1, 0.15) is 23.6 Å². The van der Waals surface area contributed by atoms with E-state index >= 15 is 0 Å². The third-order valence-electron chi connectivity index (χ3n) is 3.54. The van der Waals surface area contributed by atoms with E-state index in [0.29, 0.717) is 18.9 Å². The molecular weight excluding hydrogens is 302 g/mol. The summed E-state index contributed by atoms with van der Waals surface area (Å²) in [5.41, 5.74) is 3.42. The summed E-state index contributed by atoms with van der Waals surface area (Å²) in [6.07, 6.45) is -0.548. The predicted molar refractivity (Wildman–Crippen MR) is 95.7 cm³/mol. The van der Waals surface area contributed by atoms with Gasteiger partial charge in [0, 0.05) is 0 Å². The molecule has 0 heterocycles. The SMILES string of the molecule is Cc1cc(C)cc(OCCNC(=O)[C@@H](C)Oc2cccc(C)c2)c1. The lowest BCUT2D eigenvalue weighted by molar-refractivity contribution is -0.127. The first-order chi connectivity index (χ1) is 11.4. The number of hydrogen-bond donors (Lipinski definition) is 1. The second-order valence-corrected chi connectivity index (χ2v) is 6.04. The molecule has 24 heavy (non-hydrogen) atoms. The first kappa shape index (κ1) is 17.9. The van der Waals surface area contributed by atoms with E-state index in [1.54, 1.807) is 6.92 Å². The molecule has 128 valence electrons. The molecule has 0 aliphatic carbocycles. The Labute approximate surface area is 143 Å². The summed E-state index contributed by atoms with van der Waals surface area (Å²) < 4.78 is 11.3. The average molecular weight is 327 g/mol. The predicted octanol–water partition coefficient (Wildman–Crippen LogP) is 3.57. The van der Waals surface area contributed by atoms with Crippen molar-refractivity contribution in [3.63, 3.8) is 0 Å². The fraction of sp³-hybridized carbons (Fsp3) is 0.350. The van der Waals surface area contributed by atoms with Crippen LogP contribution in [0.3, 0.4) is 0 Å². The number of nitrogens with one attached hydrogen (secondary N) is 1. The lowest BCUT2D eigenvalue weighted by atomic mass is 10.1. The number of carbonyl (C=O) groups is 1. The maximum atomic E-state index is 12.1. The molecule has 4 nitrogen and oxygen atoms in total. The number of rotatable bonds is 7. The minimum atomic E-state index is -0.548.